The van der Waals surface area contributed by atoms with Crippen LogP contribution < -0.4 is 0 Å². The van der Waals surface area contributed by atoms with Gasteiger partial charge in [-0.3, -0.25) is 0 Å². The van der Waals surface area contributed by atoms with Gasteiger partial charge in [0, 0.05) is 13.2 Å². The average molecular weight is 639 g/mol. The Bertz CT molecular complexity index is 1050. The Balaban J connectivity index is 0.947. The van der Waals surface area contributed by atoms with Crippen molar-refractivity contribution in [2.45, 2.75) is 168 Å². The topological polar surface area (TPSA) is 9.23 Å². The fraction of sp³-hybridized carbons (Fsp3) is 0.652. The first kappa shape index (κ1) is 37.7. The van der Waals surface area contributed by atoms with Gasteiger partial charge in [0.2, 0.25) is 0 Å². The second-order valence-electron chi connectivity index (χ2n) is 15.2. The van der Waals surface area contributed by atoms with Crippen molar-refractivity contribution in [3.63, 3.8) is 0 Å². The number of unbranched alkanes of at least 4 members (excludes halogenated alkanes) is 6. The summed E-state index contributed by atoms with van der Waals surface area (Å²) in [4.78, 5) is 0. The zero-order valence-electron chi connectivity index (χ0n) is 30.7. The van der Waals surface area contributed by atoms with Crippen molar-refractivity contribution >= 4 is 0 Å². The smallest absolute Gasteiger partial charge is 0.0466 e. The third-order valence-corrected chi connectivity index (χ3v) is 11.2. The molecule has 0 spiro atoms. The molecule has 0 N–H and O–H groups in total. The van der Waals surface area contributed by atoms with Crippen LogP contribution >= 0.6 is 0 Å². The minimum absolute atomic E-state index is 0.880. The van der Waals surface area contributed by atoms with E-state index < -0.39 is 0 Å². The lowest BCUT2D eigenvalue weighted by Gasteiger charge is -2.22. The molecule has 0 radical (unpaired) electrons. The minimum Gasteiger partial charge on any atom is -0.381 e. The van der Waals surface area contributed by atoms with E-state index in [-0.39, 0.29) is 0 Å². The normalized spacial score (nSPS) is 18.3. The van der Waals surface area contributed by atoms with E-state index in [1.165, 1.54) is 176 Å². The molecule has 2 aliphatic carbocycles. The summed E-state index contributed by atoms with van der Waals surface area (Å²) in [6.45, 7) is 6.45. The largest absolute Gasteiger partial charge is 0.381 e. The van der Waals surface area contributed by atoms with Crippen LogP contribution in [-0.4, -0.2) is 13.2 Å². The van der Waals surface area contributed by atoms with E-state index in [9.17, 15) is 0 Å². The third-order valence-electron chi connectivity index (χ3n) is 11.2. The first-order chi connectivity index (χ1) is 23.2. The van der Waals surface area contributed by atoms with E-state index in [2.05, 4.69) is 74.5 Å². The molecule has 0 saturated carbocycles. The number of benzene rings is 2. The van der Waals surface area contributed by atoms with Crippen LogP contribution in [0.5, 0.6) is 0 Å². The van der Waals surface area contributed by atoms with Crippen molar-refractivity contribution in [2.24, 2.45) is 11.8 Å². The SMILES string of the molecule is CCCCCc1ccc(CCC2CC=C(CCCCOCCCCC3=CCC(CCc4ccc(CCCCC)cc4)CC3)CC2)cc1. The molecule has 0 bridgehead atoms. The van der Waals surface area contributed by atoms with Gasteiger partial charge in [-0.2, -0.15) is 0 Å². The van der Waals surface area contributed by atoms with Crippen LogP contribution in [0.15, 0.2) is 71.8 Å². The number of ether oxygens (including phenoxy) is 1. The number of allylic oxidation sites excluding steroid dienone is 4. The van der Waals surface area contributed by atoms with Crippen LogP contribution in [0.4, 0.5) is 0 Å². The van der Waals surface area contributed by atoms with E-state index >= 15 is 0 Å². The summed E-state index contributed by atoms with van der Waals surface area (Å²) < 4.78 is 6.02. The average Bonchev–Trinajstić information content (AvgIpc) is 3.11. The molecule has 4 rings (SSSR count). The summed E-state index contributed by atoms with van der Waals surface area (Å²) >= 11 is 0. The first-order valence-electron chi connectivity index (χ1n) is 20.3. The molecule has 0 saturated heterocycles. The van der Waals surface area contributed by atoms with Crippen LogP contribution in [-0.2, 0) is 30.4 Å². The molecule has 2 aromatic carbocycles. The quantitative estimate of drug-likeness (QED) is 0.0821. The van der Waals surface area contributed by atoms with Crippen LogP contribution in [0.25, 0.3) is 0 Å². The van der Waals surface area contributed by atoms with Gasteiger partial charge in [0.1, 0.15) is 0 Å². The van der Waals surface area contributed by atoms with Crippen LogP contribution in [0, 0.1) is 11.8 Å². The highest BCUT2D eigenvalue weighted by molar-refractivity contribution is 5.24. The molecular weight excluding hydrogens is 569 g/mol. The molecule has 2 unspecified atom stereocenters. The summed E-state index contributed by atoms with van der Waals surface area (Å²) in [5.41, 5.74) is 9.51. The number of rotatable bonds is 24. The molecule has 0 amide bonds. The molecule has 0 aliphatic heterocycles. The van der Waals surface area contributed by atoms with Crippen molar-refractivity contribution in [1.29, 1.82) is 0 Å². The molecule has 2 atom stereocenters. The molecule has 0 fully saturated rings. The molecular formula is C46H70O. The van der Waals surface area contributed by atoms with Gasteiger partial charge in [-0.05, 0) is 163 Å². The highest BCUT2D eigenvalue weighted by atomic mass is 16.5. The molecule has 1 nitrogen and oxygen atoms in total. The second kappa shape index (κ2) is 23.3. The second-order valence-corrected chi connectivity index (χ2v) is 15.2. The van der Waals surface area contributed by atoms with Gasteiger partial charge in [-0.25, -0.2) is 0 Å². The van der Waals surface area contributed by atoms with Crippen LogP contribution in [0.1, 0.15) is 165 Å². The molecule has 0 aromatic heterocycles. The summed E-state index contributed by atoms with van der Waals surface area (Å²) in [6, 6.07) is 19.0. The Kier molecular flexibility index (Phi) is 18.7. The Morgan fingerprint density at radius 3 is 1.21 bits per heavy atom. The van der Waals surface area contributed by atoms with Crippen molar-refractivity contribution in [3.05, 3.63) is 94.1 Å². The van der Waals surface area contributed by atoms with Crippen molar-refractivity contribution in [2.75, 3.05) is 13.2 Å². The zero-order valence-corrected chi connectivity index (χ0v) is 30.7. The standard InChI is InChI=1S/C46H70O/c1-3-5-7-13-39-17-25-43(26-18-39)33-35-45-29-21-41(22-30-45)15-9-11-37-47-38-12-10-16-42-23-31-46(32-24-42)36-34-44-27-19-40(20-28-44)14-8-6-4-2/h17-21,23,25-28,45-46H,3-16,22,24,29-38H2,1-2H3. The first-order valence-corrected chi connectivity index (χ1v) is 20.3. The molecule has 0 heterocycles. The molecule has 2 aromatic rings. The van der Waals surface area contributed by atoms with Gasteiger partial charge in [0.05, 0.1) is 0 Å². The Morgan fingerprint density at radius 2 is 0.851 bits per heavy atom. The monoisotopic (exact) mass is 639 g/mol. The maximum atomic E-state index is 6.02. The number of hydrogen-bond donors (Lipinski definition) is 0. The lowest BCUT2D eigenvalue weighted by atomic mass is 9.84. The van der Waals surface area contributed by atoms with Gasteiger partial charge in [-0.1, -0.05) is 111 Å². The zero-order chi connectivity index (χ0) is 32.8. The summed E-state index contributed by atoms with van der Waals surface area (Å²) in [5, 5.41) is 0. The molecule has 260 valence electrons. The van der Waals surface area contributed by atoms with E-state index in [0.29, 0.717) is 0 Å². The summed E-state index contributed by atoms with van der Waals surface area (Å²) in [6.07, 6.45) is 36.4. The van der Waals surface area contributed by atoms with Gasteiger partial charge < -0.3 is 4.74 Å². The fourth-order valence-corrected chi connectivity index (χ4v) is 7.72. The molecule has 1 heteroatoms. The van der Waals surface area contributed by atoms with Gasteiger partial charge in [0.25, 0.3) is 0 Å². The van der Waals surface area contributed by atoms with Gasteiger partial charge in [0.15, 0.2) is 0 Å². The Morgan fingerprint density at radius 1 is 0.468 bits per heavy atom. The predicted molar refractivity (Wildman–Crippen MR) is 205 cm³/mol. The Hall–Kier alpha value is -2.12. The van der Waals surface area contributed by atoms with E-state index in [4.69, 9.17) is 4.74 Å². The third kappa shape index (κ3) is 15.8. The van der Waals surface area contributed by atoms with Gasteiger partial charge >= 0.3 is 0 Å². The van der Waals surface area contributed by atoms with Crippen molar-refractivity contribution < 1.29 is 4.74 Å². The fourth-order valence-electron chi connectivity index (χ4n) is 7.72. The maximum absolute atomic E-state index is 6.02. The predicted octanol–water partition coefficient (Wildman–Crippen LogP) is 13.5. The number of aryl methyl sites for hydroxylation is 4. The van der Waals surface area contributed by atoms with Gasteiger partial charge in [-0.15, -0.1) is 0 Å². The molecule has 2 aliphatic rings. The highest BCUT2D eigenvalue weighted by Crippen LogP contribution is 2.31. The lowest BCUT2D eigenvalue weighted by molar-refractivity contribution is 0.126. The van der Waals surface area contributed by atoms with E-state index in [1.54, 1.807) is 11.1 Å². The van der Waals surface area contributed by atoms with Crippen LogP contribution in [0.2, 0.25) is 0 Å². The van der Waals surface area contributed by atoms with E-state index in [1.807, 2.05) is 0 Å². The number of hydrogen-bond acceptors (Lipinski definition) is 1. The Labute approximate surface area is 291 Å². The van der Waals surface area contributed by atoms with Crippen molar-refractivity contribution in [1.82, 2.24) is 0 Å². The summed E-state index contributed by atoms with van der Waals surface area (Å²) in [5.74, 6) is 1.76. The lowest BCUT2D eigenvalue weighted by Crippen LogP contribution is -2.08. The van der Waals surface area contributed by atoms with Crippen molar-refractivity contribution in [3.8, 4) is 0 Å². The highest BCUT2D eigenvalue weighted by Gasteiger charge is 2.16. The van der Waals surface area contributed by atoms with Crippen LogP contribution in [0.3, 0.4) is 0 Å². The van der Waals surface area contributed by atoms with E-state index in [0.717, 1.165) is 25.0 Å². The maximum Gasteiger partial charge on any atom is 0.0466 e. The minimum atomic E-state index is 0.880. The summed E-state index contributed by atoms with van der Waals surface area (Å²) in [7, 11) is 0. The molecule has 47 heavy (non-hydrogen) atoms.